The molecule has 1 aliphatic rings. The second-order valence-corrected chi connectivity index (χ2v) is 5.66. The average molecular weight is 298 g/mol. The fourth-order valence-electron chi connectivity index (χ4n) is 2.78. The average Bonchev–Trinajstić information content (AvgIpc) is 3.09. The minimum absolute atomic E-state index is 0.646. The summed E-state index contributed by atoms with van der Waals surface area (Å²) in [6.45, 7) is 4.09. The number of hydrogen-bond donors (Lipinski definition) is 1. The number of nitrogens with zero attached hydrogens (tertiary/aromatic N) is 2. The van der Waals surface area contributed by atoms with Gasteiger partial charge >= 0.3 is 0 Å². The Morgan fingerprint density at radius 3 is 2.55 bits per heavy atom. The lowest BCUT2D eigenvalue weighted by Crippen LogP contribution is -2.25. The van der Waals surface area contributed by atoms with Crippen molar-refractivity contribution in [3.05, 3.63) is 59.9 Å². The standard InChI is InChI=1S/C18H22N2O2/c21-18(16-4-3-9-19-14-16)15-5-7-17(8-6-15)22-13-12-20-10-1-2-11-20/h3-9,14,18,21H,1-2,10-13H2. The molecule has 0 radical (unpaired) electrons. The summed E-state index contributed by atoms with van der Waals surface area (Å²) in [5.41, 5.74) is 1.64. The molecule has 3 rings (SSSR count). The summed E-state index contributed by atoms with van der Waals surface area (Å²) in [5, 5.41) is 10.3. The molecule has 2 aromatic rings. The quantitative estimate of drug-likeness (QED) is 0.890. The highest BCUT2D eigenvalue weighted by Crippen LogP contribution is 2.23. The molecule has 0 bridgehead atoms. The smallest absolute Gasteiger partial charge is 0.119 e. The molecule has 22 heavy (non-hydrogen) atoms. The third kappa shape index (κ3) is 3.84. The molecule has 1 aromatic heterocycles. The molecule has 0 saturated carbocycles. The molecule has 0 aliphatic carbocycles. The number of ether oxygens (including phenoxy) is 1. The predicted octanol–water partition coefficient (Wildman–Crippen LogP) is 2.64. The zero-order valence-electron chi connectivity index (χ0n) is 12.7. The van der Waals surface area contributed by atoms with E-state index in [4.69, 9.17) is 4.74 Å². The molecule has 0 spiro atoms. The maximum absolute atomic E-state index is 10.3. The van der Waals surface area contributed by atoms with Crippen molar-refractivity contribution in [2.75, 3.05) is 26.2 Å². The van der Waals surface area contributed by atoms with Crippen LogP contribution in [0.15, 0.2) is 48.8 Å². The maximum atomic E-state index is 10.3. The highest BCUT2D eigenvalue weighted by atomic mass is 16.5. The molecule has 1 N–H and O–H groups in total. The third-order valence-electron chi connectivity index (χ3n) is 4.07. The van der Waals surface area contributed by atoms with Gasteiger partial charge in [-0.15, -0.1) is 0 Å². The van der Waals surface area contributed by atoms with E-state index in [0.29, 0.717) is 6.61 Å². The lowest BCUT2D eigenvalue weighted by Gasteiger charge is -2.15. The van der Waals surface area contributed by atoms with E-state index in [1.165, 1.54) is 25.9 Å². The monoisotopic (exact) mass is 298 g/mol. The minimum Gasteiger partial charge on any atom is -0.492 e. The molecule has 116 valence electrons. The van der Waals surface area contributed by atoms with E-state index in [0.717, 1.165) is 23.4 Å². The van der Waals surface area contributed by atoms with Crippen molar-refractivity contribution in [2.24, 2.45) is 0 Å². The molecular formula is C18H22N2O2. The Kier molecular flexibility index (Phi) is 5.03. The van der Waals surface area contributed by atoms with Gasteiger partial charge in [-0.2, -0.15) is 0 Å². The first-order valence-corrected chi connectivity index (χ1v) is 7.86. The van der Waals surface area contributed by atoms with Gasteiger partial charge in [0.25, 0.3) is 0 Å². The van der Waals surface area contributed by atoms with Crippen LogP contribution in [0.1, 0.15) is 30.1 Å². The topological polar surface area (TPSA) is 45.6 Å². The molecule has 0 amide bonds. The van der Waals surface area contributed by atoms with E-state index in [9.17, 15) is 5.11 Å². The van der Waals surface area contributed by atoms with Gasteiger partial charge in [-0.3, -0.25) is 9.88 Å². The van der Waals surface area contributed by atoms with Gasteiger partial charge < -0.3 is 9.84 Å². The van der Waals surface area contributed by atoms with Crippen LogP contribution in [0, 0.1) is 0 Å². The first-order valence-electron chi connectivity index (χ1n) is 7.86. The van der Waals surface area contributed by atoms with Crippen molar-refractivity contribution in [3.63, 3.8) is 0 Å². The van der Waals surface area contributed by atoms with Crippen molar-refractivity contribution in [3.8, 4) is 5.75 Å². The van der Waals surface area contributed by atoms with Crippen LogP contribution in [-0.2, 0) is 0 Å². The van der Waals surface area contributed by atoms with Crippen LogP contribution >= 0.6 is 0 Å². The number of rotatable bonds is 6. The lowest BCUT2D eigenvalue weighted by atomic mass is 10.0. The molecular weight excluding hydrogens is 276 g/mol. The normalized spacial score (nSPS) is 16.6. The van der Waals surface area contributed by atoms with Crippen LogP contribution in [0.5, 0.6) is 5.75 Å². The first-order chi connectivity index (χ1) is 10.8. The van der Waals surface area contributed by atoms with Crippen LogP contribution in [0.2, 0.25) is 0 Å². The number of aromatic nitrogens is 1. The second-order valence-electron chi connectivity index (χ2n) is 5.66. The van der Waals surface area contributed by atoms with E-state index in [-0.39, 0.29) is 0 Å². The highest BCUT2D eigenvalue weighted by Gasteiger charge is 2.12. The summed E-state index contributed by atoms with van der Waals surface area (Å²) in [5.74, 6) is 0.848. The van der Waals surface area contributed by atoms with E-state index in [2.05, 4.69) is 9.88 Å². The van der Waals surface area contributed by atoms with Crippen LogP contribution in [0.4, 0.5) is 0 Å². The largest absolute Gasteiger partial charge is 0.492 e. The summed E-state index contributed by atoms with van der Waals surface area (Å²) in [6, 6.07) is 11.3. The van der Waals surface area contributed by atoms with E-state index >= 15 is 0 Å². The molecule has 1 fully saturated rings. The number of aliphatic hydroxyl groups excluding tert-OH is 1. The van der Waals surface area contributed by atoms with Gasteiger partial charge in [0, 0.05) is 24.5 Å². The first kappa shape index (κ1) is 15.0. The van der Waals surface area contributed by atoms with Gasteiger partial charge in [0.05, 0.1) is 0 Å². The van der Waals surface area contributed by atoms with Gasteiger partial charge in [-0.1, -0.05) is 18.2 Å². The molecule has 1 aliphatic heterocycles. The predicted molar refractivity (Wildman–Crippen MR) is 85.9 cm³/mol. The third-order valence-corrected chi connectivity index (χ3v) is 4.07. The number of aliphatic hydroxyl groups is 1. The van der Waals surface area contributed by atoms with Gasteiger partial charge in [0.15, 0.2) is 0 Å². The highest BCUT2D eigenvalue weighted by molar-refractivity contribution is 5.33. The van der Waals surface area contributed by atoms with E-state index in [1.54, 1.807) is 12.4 Å². The van der Waals surface area contributed by atoms with Gasteiger partial charge in [0.1, 0.15) is 18.5 Å². The zero-order chi connectivity index (χ0) is 15.2. The molecule has 1 unspecified atom stereocenters. The number of hydrogen-bond acceptors (Lipinski definition) is 4. The summed E-state index contributed by atoms with van der Waals surface area (Å²) in [7, 11) is 0. The molecule has 4 nitrogen and oxygen atoms in total. The van der Waals surface area contributed by atoms with Crippen molar-refractivity contribution >= 4 is 0 Å². The van der Waals surface area contributed by atoms with Crippen molar-refractivity contribution in [1.29, 1.82) is 0 Å². The Hall–Kier alpha value is -1.91. The SMILES string of the molecule is OC(c1ccc(OCCN2CCCC2)cc1)c1cccnc1. The Balaban J connectivity index is 1.53. The Bertz CT molecular complexity index is 565. The van der Waals surface area contributed by atoms with Gasteiger partial charge in [0.2, 0.25) is 0 Å². The minimum atomic E-state index is -0.646. The van der Waals surface area contributed by atoms with Crippen LogP contribution in [0.25, 0.3) is 0 Å². The van der Waals surface area contributed by atoms with Crippen LogP contribution < -0.4 is 4.74 Å². The molecule has 4 heteroatoms. The van der Waals surface area contributed by atoms with Gasteiger partial charge in [-0.05, 0) is 49.7 Å². The fourth-order valence-corrected chi connectivity index (χ4v) is 2.78. The summed E-state index contributed by atoms with van der Waals surface area (Å²) in [6.07, 6.45) is 5.35. The van der Waals surface area contributed by atoms with Gasteiger partial charge in [-0.25, -0.2) is 0 Å². The number of benzene rings is 1. The Morgan fingerprint density at radius 2 is 1.86 bits per heavy atom. The molecule has 1 aromatic carbocycles. The van der Waals surface area contributed by atoms with Crippen LogP contribution in [0.3, 0.4) is 0 Å². The molecule has 1 atom stereocenters. The lowest BCUT2D eigenvalue weighted by molar-refractivity contribution is 0.219. The van der Waals surface area contributed by atoms with E-state index in [1.807, 2.05) is 36.4 Å². The Labute approximate surface area is 131 Å². The summed E-state index contributed by atoms with van der Waals surface area (Å²) >= 11 is 0. The zero-order valence-corrected chi connectivity index (χ0v) is 12.7. The fraction of sp³-hybridized carbons (Fsp3) is 0.389. The van der Waals surface area contributed by atoms with Crippen molar-refractivity contribution in [1.82, 2.24) is 9.88 Å². The van der Waals surface area contributed by atoms with Crippen LogP contribution in [-0.4, -0.2) is 41.2 Å². The van der Waals surface area contributed by atoms with Crippen molar-refractivity contribution < 1.29 is 9.84 Å². The second kappa shape index (κ2) is 7.38. The number of likely N-dealkylation sites (tertiary alicyclic amines) is 1. The number of pyridine rings is 1. The Morgan fingerprint density at radius 1 is 1.09 bits per heavy atom. The van der Waals surface area contributed by atoms with E-state index < -0.39 is 6.10 Å². The maximum Gasteiger partial charge on any atom is 0.119 e. The summed E-state index contributed by atoms with van der Waals surface area (Å²) < 4.78 is 5.77. The summed E-state index contributed by atoms with van der Waals surface area (Å²) in [4.78, 5) is 6.47. The molecule has 1 saturated heterocycles. The van der Waals surface area contributed by atoms with Crippen molar-refractivity contribution in [2.45, 2.75) is 18.9 Å². The molecule has 2 heterocycles.